The number of nitrogens with one attached hydrogen (secondary N) is 1. The van der Waals surface area contributed by atoms with Gasteiger partial charge in [0.15, 0.2) is 0 Å². The first-order valence-corrected chi connectivity index (χ1v) is 4.85. The van der Waals surface area contributed by atoms with Gasteiger partial charge in [-0.25, -0.2) is 8.78 Å². The van der Waals surface area contributed by atoms with Crippen LogP contribution < -0.4 is 5.32 Å². The largest absolute Gasteiger partial charge is 0.385 e. The van der Waals surface area contributed by atoms with Crippen LogP contribution >= 0.6 is 0 Å². The number of benzene rings is 1. The van der Waals surface area contributed by atoms with Crippen molar-refractivity contribution in [3.05, 3.63) is 29.8 Å². The first-order chi connectivity index (χ1) is 6.75. The molecule has 14 heavy (non-hydrogen) atoms. The molecule has 1 unspecified atom stereocenters. The maximum Gasteiger partial charge on any atom is 0.239 e. The van der Waals surface area contributed by atoms with Gasteiger partial charge in [-0.3, -0.25) is 0 Å². The third kappa shape index (κ3) is 2.03. The molecule has 1 N–H and O–H groups in total. The molecular formula is C11H13F2N. The summed E-state index contributed by atoms with van der Waals surface area (Å²) < 4.78 is 24.3. The maximum atomic E-state index is 12.2. The SMILES string of the molecule is FC(F)CC1CNc2ccccc2C1. The molecule has 1 aromatic carbocycles. The van der Waals surface area contributed by atoms with Crippen molar-refractivity contribution < 1.29 is 8.78 Å². The summed E-state index contributed by atoms with van der Waals surface area (Å²) in [6, 6.07) is 7.90. The normalized spacial score (nSPS) is 20.4. The Bertz CT molecular complexity index is 312. The molecule has 1 nitrogen and oxygen atoms in total. The van der Waals surface area contributed by atoms with Crippen molar-refractivity contribution in [1.82, 2.24) is 0 Å². The van der Waals surface area contributed by atoms with E-state index in [2.05, 4.69) is 5.32 Å². The highest BCUT2D eigenvalue weighted by molar-refractivity contribution is 5.53. The zero-order valence-corrected chi connectivity index (χ0v) is 7.84. The van der Waals surface area contributed by atoms with Crippen LogP contribution in [0.5, 0.6) is 0 Å². The van der Waals surface area contributed by atoms with E-state index >= 15 is 0 Å². The maximum absolute atomic E-state index is 12.2. The van der Waals surface area contributed by atoms with Crippen molar-refractivity contribution in [2.75, 3.05) is 11.9 Å². The number of halogens is 2. The van der Waals surface area contributed by atoms with E-state index in [1.807, 2.05) is 24.3 Å². The van der Waals surface area contributed by atoms with Crippen LogP contribution in [0.2, 0.25) is 0 Å². The first kappa shape index (κ1) is 9.44. The van der Waals surface area contributed by atoms with Crippen molar-refractivity contribution in [2.24, 2.45) is 5.92 Å². The molecule has 1 aliphatic heterocycles. The quantitative estimate of drug-likeness (QED) is 0.768. The van der Waals surface area contributed by atoms with Crippen molar-refractivity contribution in [3.8, 4) is 0 Å². The molecule has 0 aromatic heterocycles. The molecule has 1 aromatic rings. The Morgan fingerprint density at radius 2 is 2.14 bits per heavy atom. The van der Waals surface area contributed by atoms with Crippen LogP contribution in [0.4, 0.5) is 14.5 Å². The molecule has 0 saturated carbocycles. The number of fused-ring (bicyclic) bond motifs is 1. The van der Waals surface area contributed by atoms with E-state index in [0.717, 1.165) is 17.7 Å². The summed E-state index contributed by atoms with van der Waals surface area (Å²) in [4.78, 5) is 0. The lowest BCUT2D eigenvalue weighted by Gasteiger charge is -2.25. The van der Waals surface area contributed by atoms with E-state index in [4.69, 9.17) is 0 Å². The van der Waals surface area contributed by atoms with Gasteiger partial charge in [-0.15, -0.1) is 0 Å². The average Bonchev–Trinajstić information content (AvgIpc) is 2.17. The molecule has 76 valence electrons. The van der Waals surface area contributed by atoms with Crippen LogP contribution in [0.15, 0.2) is 24.3 Å². The molecule has 0 aliphatic carbocycles. The molecular weight excluding hydrogens is 184 g/mol. The van der Waals surface area contributed by atoms with E-state index in [1.165, 1.54) is 0 Å². The van der Waals surface area contributed by atoms with E-state index in [1.54, 1.807) is 0 Å². The van der Waals surface area contributed by atoms with Gasteiger partial charge in [0.25, 0.3) is 0 Å². The Kier molecular flexibility index (Phi) is 2.66. The van der Waals surface area contributed by atoms with Gasteiger partial charge in [-0.05, 0) is 24.0 Å². The predicted octanol–water partition coefficient (Wildman–Crippen LogP) is 2.93. The van der Waals surface area contributed by atoms with Gasteiger partial charge < -0.3 is 5.32 Å². The number of rotatable bonds is 2. The summed E-state index contributed by atoms with van der Waals surface area (Å²) >= 11 is 0. The first-order valence-electron chi connectivity index (χ1n) is 4.85. The minimum absolute atomic E-state index is 0.00132. The third-order valence-corrected chi connectivity index (χ3v) is 2.62. The Balaban J connectivity index is 2.06. The molecule has 1 aliphatic rings. The Labute approximate surface area is 82.1 Å². The molecule has 0 saturated heterocycles. The summed E-state index contributed by atoms with van der Waals surface area (Å²) in [5.41, 5.74) is 2.25. The number of alkyl halides is 2. The highest BCUT2D eigenvalue weighted by Gasteiger charge is 2.20. The zero-order chi connectivity index (χ0) is 9.97. The Hall–Kier alpha value is -1.12. The smallest absolute Gasteiger partial charge is 0.239 e. The number of hydrogen-bond acceptors (Lipinski definition) is 1. The van der Waals surface area contributed by atoms with Gasteiger partial charge in [-0.2, -0.15) is 0 Å². The lowest BCUT2D eigenvalue weighted by atomic mass is 9.92. The predicted molar refractivity (Wildman–Crippen MR) is 52.7 cm³/mol. The lowest BCUT2D eigenvalue weighted by Crippen LogP contribution is -2.24. The van der Waals surface area contributed by atoms with Crippen molar-refractivity contribution in [3.63, 3.8) is 0 Å². The van der Waals surface area contributed by atoms with Crippen molar-refractivity contribution in [2.45, 2.75) is 19.3 Å². The second-order valence-corrected chi connectivity index (χ2v) is 3.73. The number of para-hydroxylation sites is 1. The highest BCUT2D eigenvalue weighted by Crippen LogP contribution is 2.27. The summed E-state index contributed by atoms with van der Waals surface area (Å²) in [5.74, 6) is 0.0740. The number of hydrogen-bond donors (Lipinski definition) is 1. The molecule has 3 heteroatoms. The van der Waals surface area contributed by atoms with Gasteiger partial charge in [0, 0.05) is 18.7 Å². The topological polar surface area (TPSA) is 12.0 Å². The second kappa shape index (κ2) is 3.95. The summed E-state index contributed by atoms with van der Waals surface area (Å²) in [6.07, 6.45) is -1.42. The van der Waals surface area contributed by atoms with Gasteiger partial charge >= 0.3 is 0 Å². The average molecular weight is 197 g/mol. The fraction of sp³-hybridized carbons (Fsp3) is 0.455. The van der Waals surface area contributed by atoms with Crippen LogP contribution in [0.1, 0.15) is 12.0 Å². The Morgan fingerprint density at radius 1 is 1.36 bits per heavy atom. The Morgan fingerprint density at radius 3 is 2.93 bits per heavy atom. The van der Waals surface area contributed by atoms with Crippen LogP contribution in [0.3, 0.4) is 0 Å². The minimum Gasteiger partial charge on any atom is -0.385 e. The molecule has 0 amide bonds. The monoisotopic (exact) mass is 197 g/mol. The van der Waals surface area contributed by atoms with E-state index < -0.39 is 6.43 Å². The second-order valence-electron chi connectivity index (χ2n) is 3.73. The van der Waals surface area contributed by atoms with Crippen molar-refractivity contribution >= 4 is 5.69 Å². The molecule has 2 rings (SSSR count). The van der Waals surface area contributed by atoms with Gasteiger partial charge in [0.2, 0.25) is 6.43 Å². The lowest BCUT2D eigenvalue weighted by molar-refractivity contribution is 0.116. The van der Waals surface area contributed by atoms with Crippen LogP contribution in [0, 0.1) is 5.92 Å². The fourth-order valence-electron chi connectivity index (χ4n) is 1.93. The van der Waals surface area contributed by atoms with E-state index in [-0.39, 0.29) is 12.3 Å². The summed E-state index contributed by atoms with van der Waals surface area (Å²) in [6.45, 7) is 0.668. The van der Waals surface area contributed by atoms with E-state index in [0.29, 0.717) is 6.54 Å². The zero-order valence-electron chi connectivity index (χ0n) is 7.84. The molecule has 0 bridgehead atoms. The summed E-state index contributed by atoms with van der Waals surface area (Å²) in [5, 5.41) is 3.18. The minimum atomic E-state index is -2.19. The third-order valence-electron chi connectivity index (χ3n) is 2.62. The number of anilines is 1. The molecule has 1 atom stereocenters. The summed E-state index contributed by atoms with van der Waals surface area (Å²) in [7, 11) is 0. The van der Waals surface area contributed by atoms with Crippen LogP contribution in [-0.2, 0) is 6.42 Å². The van der Waals surface area contributed by atoms with Crippen LogP contribution in [0.25, 0.3) is 0 Å². The molecule has 1 heterocycles. The molecule has 0 radical (unpaired) electrons. The van der Waals surface area contributed by atoms with Gasteiger partial charge in [0.05, 0.1) is 0 Å². The van der Waals surface area contributed by atoms with Gasteiger partial charge in [-0.1, -0.05) is 18.2 Å². The van der Waals surface area contributed by atoms with Gasteiger partial charge in [0.1, 0.15) is 0 Å². The highest BCUT2D eigenvalue weighted by atomic mass is 19.3. The van der Waals surface area contributed by atoms with Crippen molar-refractivity contribution in [1.29, 1.82) is 0 Å². The molecule has 0 spiro atoms. The van der Waals surface area contributed by atoms with E-state index in [9.17, 15) is 8.78 Å². The fourth-order valence-corrected chi connectivity index (χ4v) is 1.93. The molecule has 0 fully saturated rings. The standard InChI is InChI=1S/C11H13F2N/c12-11(13)6-8-5-9-3-1-2-4-10(9)14-7-8/h1-4,8,11,14H,5-7H2. The van der Waals surface area contributed by atoms with Crippen LogP contribution in [-0.4, -0.2) is 13.0 Å².